The highest BCUT2D eigenvalue weighted by atomic mass is 16.5. The number of phenols is 3. The Labute approximate surface area is 121 Å². The summed E-state index contributed by atoms with van der Waals surface area (Å²) in [6.07, 6.45) is -1.30. The monoisotopic (exact) mass is 288 g/mol. The second-order valence-corrected chi connectivity index (χ2v) is 5.30. The first kappa shape index (κ1) is 13.6. The average molecular weight is 288 g/mol. The standard InChI is InChI=1S/C16H16O5/c1-8-2-3-9(4-12(8)18)16-14(20)7-11-13(19)5-10(17)6-15(11)21-16/h2-6,14,16-20H,7H2,1H3/t14-,16?/m0/s1. The van der Waals surface area contributed by atoms with Crippen LogP contribution in [0.3, 0.4) is 0 Å². The van der Waals surface area contributed by atoms with Crippen LogP contribution in [0, 0.1) is 6.92 Å². The van der Waals surface area contributed by atoms with Gasteiger partial charge in [-0.1, -0.05) is 12.1 Å². The van der Waals surface area contributed by atoms with E-state index in [2.05, 4.69) is 0 Å². The van der Waals surface area contributed by atoms with Crippen LogP contribution in [0.2, 0.25) is 0 Å². The summed E-state index contributed by atoms with van der Waals surface area (Å²) in [5.74, 6) is 0.262. The number of benzene rings is 2. The summed E-state index contributed by atoms with van der Waals surface area (Å²) < 4.78 is 5.71. The number of ether oxygens (including phenoxy) is 1. The summed E-state index contributed by atoms with van der Waals surface area (Å²) in [6.45, 7) is 1.78. The third-order valence-electron chi connectivity index (χ3n) is 3.75. The molecule has 1 unspecified atom stereocenters. The van der Waals surface area contributed by atoms with Crippen molar-refractivity contribution < 1.29 is 25.2 Å². The highest BCUT2D eigenvalue weighted by molar-refractivity contribution is 5.51. The molecule has 5 heteroatoms. The Morgan fingerprint density at radius 1 is 1.05 bits per heavy atom. The van der Waals surface area contributed by atoms with Gasteiger partial charge in [0.15, 0.2) is 0 Å². The predicted molar refractivity (Wildman–Crippen MR) is 75.7 cm³/mol. The first-order chi connectivity index (χ1) is 9.95. The second kappa shape index (κ2) is 4.86. The average Bonchev–Trinajstić information content (AvgIpc) is 2.42. The largest absolute Gasteiger partial charge is 0.508 e. The molecule has 0 aromatic heterocycles. The molecule has 0 fully saturated rings. The summed E-state index contributed by atoms with van der Waals surface area (Å²) in [4.78, 5) is 0. The molecule has 0 spiro atoms. The van der Waals surface area contributed by atoms with Crippen molar-refractivity contribution in [1.29, 1.82) is 0 Å². The van der Waals surface area contributed by atoms with E-state index in [1.165, 1.54) is 12.1 Å². The number of rotatable bonds is 1. The molecule has 0 bridgehead atoms. The first-order valence-electron chi connectivity index (χ1n) is 6.65. The van der Waals surface area contributed by atoms with Crippen molar-refractivity contribution in [2.45, 2.75) is 25.6 Å². The molecule has 0 amide bonds. The fraction of sp³-hybridized carbons (Fsp3) is 0.250. The number of fused-ring (bicyclic) bond motifs is 1. The van der Waals surface area contributed by atoms with Gasteiger partial charge in [-0.3, -0.25) is 0 Å². The molecule has 0 aliphatic carbocycles. The van der Waals surface area contributed by atoms with Crippen LogP contribution in [-0.2, 0) is 6.42 Å². The summed E-state index contributed by atoms with van der Waals surface area (Å²) >= 11 is 0. The Morgan fingerprint density at radius 2 is 1.81 bits per heavy atom. The number of aliphatic hydroxyl groups excluding tert-OH is 1. The Morgan fingerprint density at radius 3 is 2.52 bits per heavy atom. The number of aliphatic hydroxyl groups is 1. The first-order valence-corrected chi connectivity index (χ1v) is 6.65. The van der Waals surface area contributed by atoms with Crippen LogP contribution in [0.15, 0.2) is 30.3 Å². The molecule has 21 heavy (non-hydrogen) atoms. The lowest BCUT2D eigenvalue weighted by molar-refractivity contribution is 0.0197. The Balaban J connectivity index is 2.00. The van der Waals surface area contributed by atoms with E-state index in [1.54, 1.807) is 25.1 Å². The van der Waals surface area contributed by atoms with Gasteiger partial charge < -0.3 is 25.2 Å². The number of aryl methyl sites for hydroxylation is 1. The van der Waals surface area contributed by atoms with Gasteiger partial charge >= 0.3 is 0 Å². The van der Waals surface area contributed by atoms with E-state index in [-0.39, 0.29) is 23.7 Å². The third-order valence-corrected chi connectivity index (χ3v) is 3.75. The highest BCUT2D eigenvalue weighted by Gasteiger charge is 2.32. The fourth-order valence-corrected chi connectivity index (χ4v) is 2.55. The van der Waals surface area contributed by atoms with Gasteiger partial charge in [0.25, 0.3) is 0 Å². The van der Waals surface area contributed by atoms with Crippen LogP contribution in [0.1, 0.15) is 22.8 Å². The summed E-state index contributed by atoms with van der Waals surface area (Å²) in [5.41, 5.74) is 1.84. The van der Waals surface area contributed by atoms with E-state index in [4.69, 9.17) is 4.74 Å². The molecule has 0 radical (unpaired) electrons. The lowest BCUT2D eigenvalue weighted by Crippen LogP contribution is -2.30. The number of phenolic OH excluding ortho intramolecular Hbond substituents is 3. The van der Waals surface area contributed by atoms with Gasteiger partial charge in [0.05, 0.1) is 6.10 Å². The minimum absolute atomic E-state index is 0.103. The molecular formula is C16H16O5. The fourth-order valence-electron chi connectivity index (χ4n) is 2.55. The molecule has 4 N–H and O–H groups in total. The van der Waals surface area contributed by atoms with Gasteiger partial charge in [-0.15, -0.1) is 0 Å². The molecule has 2 aromatic carbocycles. The number of hydrogen-bond donors (Lipinski definition) is 4. The SMILES string of the molecule is Cc1ccc(C2Oc3cc(O)cc(O)c3C[C@@H]2O)cc1O. The second-order valence-electron chi connectivity index (χ2n) is 5.30. The van der Waals surface area contributed by atoms with E-state index in [1.807, 2.05) is 0 Å². The van der Waals surface area contributed by atoms with Crippen molar-refractivity contribution >= 4 is 0 Å². The van der Waals surface area contributed by atoms with E-state index in [0.29, 0.717) is 16.9 Å². The lowest BCUT2D eigenvalue weighted by atomic mass is 9.93. The zero-order valence-corrected chi connectivity index (χ0v) is 11.4. The van der Waals surface area contributed by atoms with Crippen molar-refractivity contribution in [3.05, 3.63) is 47.0 Å². The van der Waals surface area contributed by atoms with Crippen molar-refractivity contribution in [2.24, 2.45) is 0 Å². The maximum absolute atomic E-state index is 10.2. The minimum Gasteiger partial charge on any atom is -0.508 e. The third kappa shape index (κ3) is 2.36. The molecule has 1 aliphatic rings. The van der Waals surface area contributed by atoms with E-state index >= 15 is 0 Å². The molecule has 2 atom stereocenters. The van der Waals surface area contributed by atoms with Crippen LogP contribution in [0.5, 0.6) is 23.0 Å². The lowest BCUT2D eigenvalue weighted by Gasteiger charge is -2.31. The van der Waals surface area contributed by atoms with E-state index in [0.717, 1.165) is 5.56 Å². The van der Waals surface area contributed by atoms with E-state index in [9.17, 15) is 20.4 Å². The molecule has 0 saturated carbocycles. The van der Waals surface area contributed by atoms with E-state index < -0.39 is 12.2 Å². The molecule has 1 aliphatic heterocycles. The van der Waals surface area contributed by atoms with Crippen LogP contribution < -0.4 is 4.74 Å². The number of hydrogen-bond acceptors (Lipinski definition) is 5. The number of aromatic hydroxyl groups is 3. The minimum atomic E-state index is -0.852. The summed E-state index contributed by atoms with van der Waals surface area (Å²) in [7, 11) is 0. The Bertz CT molecular complexity index is 695. The quantitative estimate of drug-likeness (QED) is 0.645. The van der Waals surface area contributed by atoms with Crippen LogP contribution in [0.25, 0.3) is 0 Å². The summed E-state index contributed by atoms with van der Waals surface area (Å²) in [5, 5.41) is 39.4. The van der Waals surface area contributed by atoms with Crippen LogP contribution in [0.4, 0.5) is 0 Å². The van der Waals surface area contributed by atoms with Gasteiger partial charge in [-0.2, -0.15) is 0 Å². The Hall–Kier alpha value is -2.40. The van der Waals surface area contributed by atoms with Gasteiger partial charge in [0.1, 0.15) is 29.1 Å². The van der Waals surface area contributed by atoms with Crippen molar-refractivity contribution in [3.8, 4) is 23.0 Å². The molecule has 3 rings (SSSR count). The van der Waals surface area contributed by atoms with Crippen LogP contribution in [-0.4, -0.2) is 26.5 Å². The molecular weight excluding hydrogens is 272 g/mol. The smallest absolute Gasteiger partial charge is 0.150 e. The van der Waals surface area contributed by atoms with Gasteiger partial charge in [0.2, 0.25) is 0 Å². The molecule has 5 nitrogen and oxygen atoms in total. The topological polar surface area (TPSA) is 90.2 Å². The zero-order valence-electron chi connectivity index (χ0n) is 11.4. The van der Waals surface area contributed by atoms with Crippen molar-refractivity contribution in [3.63, 3.8) is 0 Å². The van der Waals surface area contributed by atoms with Gasteiger partial charge in [0, 0.05) is 24.1 Å². The van der Waals surface area contributed by atoms with Gasteiger partial charge in [-0.05, 0) is 24.1 Å². The normalized spacial score (nSPS) is 20.7. The predicted octanol–water partition coefficient (Wildman–Crippen LogP) is 2.15. The summed E-state index contributed by atoms with van der Waals surface area (Å²) in [6, 6.07) is 7.69. The van der Waals surface area contributed by atoms with Crippen molar-refractivity contribution in [1.82, 2.24) is 0 Å². The Kier molecular flexibility index (Phi) is 3.14. The maximum atomic E-state index is 10.2. The van der Waals surface area contributed by atoms with Crippen LogP contribution >= 0.6 is 0 Å². The molecule has 1 heterocycles. The molecule has 110 valence electrons. The molecule has 0 saturated heterocycles. The molecule has 2 aromatic rings. The van der Waals surface area contributed by atoms with Crippen molar-refractivity contribution in [2.75, 3.05) is 0 Å². The zero-order chi connectivity index (χ0) is 15.1. The highest BCUT2D eigenvalue weighted by Crippen LogP contribution is 2.42. The van der Waals surface area contributed by atoms with Gasteiger partial charge in [-0.25, -0.2) is 0 Å². The maximum Gasteiger partial charge on any atom is 0.150 e.